The van der Waals surface area contributed by atoms with Crippen molar-refractivity contribution in [3.8, 4) is 0 Å². The van der Waals surface area contributed by atoms with E-state index in [1.165, 1.54) is 6.92 Å². The van der Waals surface area contributed by atoms with Crippen molar-refractivity contribution < 1.29 is 9.32 Å². The van der Waals surface area contributed by atoms with Gasteiger partial charge in [-0.1, -0.05) is 5.16 Å². The van der Waals surface area contributed by atoms with Crippen LogP contribution in [0.15, 0.2) is 17.0 Å². The van der Waals surface area contributed by atoms with Crippen molar-refractivity contribution in [3.05, 3.63) is 18.0 Å². The molecule has 5 heteroatoms. The highest BCUT2D eigenvalue weighted by atomic mass is 16.5. The van der Waals surface area contributed by atoms with Gasteiger partial charge in [-0.15, -0.1) is 0 Å². The summed E-state index contributed by atoms with van der Waals surface area (Å²) < 4.78 is 4.65. The molecule has 0 aliphatic heterocycles. The Morgan fingerprint density at radius 3 is 3.08 bits per heavy atom. The maximum Gasteiger partial charge on any atom is 0.216 e. The zero-order chi connectivity index (χ0) is 9.52. The normalized spacial score (nSPS) is 9.92. The fraction of sp³-hybridized carbons (Fsp3) is 0.500. The van der Waals surface area contributed by atoms with Gasteiger partial charge in [-0.05, 0) is 0 Å². The van der Waals surface area contributed by atoms with E-state index in [-0.39, 0.29) is 5.91 Å². The monoisotopic (exact) mass is 183 g/mol. The lowest BCUT2D eigenvalue weighted by molar-refractivity contribution is -0.118. The predicted octanol–water partition coefficient (Wildman–Crippen LogP) is -0.0997. The molecule has 0 atom stereocenters. The number of amides is 1. The van der Waals surface area contributed by atoms with Crippen molar-refractivity contribution >= 4 is 5.91 Å². The van der Waals surface area contributed by atoms with Gasteiger partial charge in [-0.2, -0.15) is 0 Å². The summed E-state index contributed by atoms with van der Waals surface area (Å²) in [5.74, 6) is -0.00761. The van der Waals surface area contributed by atoms with Gasteiger partial charge in [0.2, 0.25) is 5.91 Å². The summed E-state index contributed by atoms with van der Waals surface area (Å²) in [7, 11) is 0. The summed E-state index contributed by atoms with van der Waals surface area (Å²) in [5.41, 5.74) is 1.00. The molecule has 72 valence electrons. The lowest BCUT2D eigenvalue weighted by Gasteiger charge is -2.02. The zero-order valence-electron chi connectivity index (χ0n) is 7.54. The third-order valence-corrected chi connectivity index (χ3v) is 1.49. The molecule has 0 radical (unpaired) electrons. The number of nitrogens with one attached hydrogen (secondary N) is 2. The number of nitrogens with zero attached hydrogens (tertiary/aromatic N) is 1. The number of rotatable bonds is 5. The van der Waals surface area contributed by atoms with Crippen molar-refractivity contribution in [2.75, 3.05) is 13.1 Å². The Morgan fingerprint density at radius 2 is 2.46 bits per heavy atom. The van der Waals surface area contributed by atoms with Crippen LogP contribution in [0.5, 0.6) is 0 Å². The molecule has 0 saturated heterocycles. The second-order valence-electron chi connectivity index (χ2n) is 2.69. The van der Waals surface area contributed by atoms with Crippen LogP contribution in [0.1, 0.15) is 12.5 Å². The molecule has 0 fully saturated rings. The van der Waals surface area contributed by atoms with E-state index < -0.39 is 0 Å². The van der Waals surface area contributed by atoms with Crippen LogP contribution in [-0.2, 0) is 11.3 Å². The molecule has 0 aliphatic carbocycles. The molecule has 1 amide bonds. The van der Waals surface area contributed by atoms with Crippen LogP contribution in [0.3, 0.4) is 0 Å². The first-order valence-corrected chi connectivity index (χ1v) is 4.12. The average molecular weight is 183 g/mol. The lowest BCUT2D eigenvalue weighted by atomic mass is 10.4. The third-order valence-electron chi connectivity index (χ3n) is 1.49. The predicted molar refractivity (Wildman–Crippen MR) is 46.9 cm³/mol. The van der Waals surface area contributed by atoms with E-state index in [0.717, 1.165) is 12.1 Å². The summed E-state index contributed by atoms with van der Waals surface area (Å²) in [6.45, 7) is 3.59. The summed E-state index contributed by atoms with van der Waals surface area (Å²) in [6, 6.07) is 0. The van der Waals surface area contributed by atoms with Gasteiger partial charge in [-0.3, -0.25) is 4.79 Å². The van der Waals surface area contributed by atoms with E-state index in [1.54, 1.807) is 12.5 Å². The van der Waals surface area contributed by atoms with Crippen LogP contribution in [0.4, 0.5) is 0 Å². The standard InChI is InChI=1S/C8H13N3O2/c1-7(12)10-3-2-9-4-8-5-11-13-6-8/h5-6,9H,2-4H2,1H3,(H,10,12). The molecular formula is C8H13N3O2. The van der Waals surface area contributed by atoms with Crippen molar-refractivity contribution in [2.24, 2.45) is 0 Å². The first-order valence-electron chi connectivity index (χ1n) is 4.12. The van der Waals surface area contributed by atoms with E-state index in [2.05, 4.69) is 20.3 Å². The molecule has 13 heavy (non-hydrogen) atoms. The number of hydrogen-bond donors (Lipinski definition) is 2. The van der Waals surface area contributed by atoms with Crippen LogP contribution in [0.25, 0.3) is 0 Å². The Hall–Kier alpha value is -1.36. The summed E-state index contributed by atoms with van der Waals surface area (Å²) in [6.07, 6.45) is 3.25. The van der Waals surface area contributed by atoms with E-state index >= 15 is 0 Å². The van der Waals surface area contributed by atoms with E-state index in [1.807, 2.05) is 0 Å². The van der Waals surface area contributed by atoms with Crippen molar-refractivity contribution in [1.82, 2.24) is 15.8 Å². The van der Waals surface area contributed by atoms with Gasteiger partial charge in [0.25, 0.3) is 0 Å². The molecule has 5 nitrogen and oxygen atoms in total. The number of hydrogen-bond acceptors (Lipinski definition) is 4. The van der Waals surface area contributed by atoms with Gasteiger partial charge < -0.3 is 15.2 Å². The van der Waals surface area contributed by atoms with Gasteiger partial charge in [0, 0.05) is 32.1 Å². The fourth-order valence-corrected chi connectivity index (χ4v) is 0.874. The van der Waals surface area contributed by atoms with Crippen molar-refractivity contribution in [3.63, 3.8) is 0 Å². The number of aromatic nitrogens is 1. The third kappa shape index (κ3) is 4.27. The molecule has 1 heterocycles. The largest absolute Gasteiger partial charge is 0.364 e. The summed E-state index contributed by atoms with van der Waals surface area (Å²) in [5, 5.41) is 9.38. The van der Waals surface area contributed by atoms with Crippen LogP contribution in [0.2, 0.25) is 0 Å². The lowest BCUT2D eigenvalue weighted by Crippen LogP contribution is -2.29. The molecule has 0 saturated carbocycles. The van der Waals surface area contributed by atoms with Gasteiger partial charge in [0.05, 0.1) is 6.20 Å². The van der Waals surface area contributed by atoms with Crippen LogP contribution < -0.4 is 10.6 Å². The Balaban J connectivity index is 1.99. The number of carbonyl (C=O) groups is 1. The van der Waals surface area contributed by atoms with Gasteiger partial charge in [0.15, 0.2) is 0 Å². The van der Waals surface area contributed by atoms with Crippen molar-refractivity contribution in [2.45, 2.75) is 13.5 Å². The molecule has 0 unspecified atom stereocenters. The quantitative estimate of drug-likeness (QED) is 0.625. The van der Waals surface area contributed by atoms with Gasteiger partial charge >= 0.3 is 0 Å². The molecule has 1 rings (SSSR count). The Labute approximate surface area is 76.5 Å². The molecule has 0 bridgehead atoms. The highest BCUT2D eigenvalue weighted by Crippen LogP contribution is 1.93. The zero-order valence-corrected chi connectivity index (χ0v) is 7.54. The highest BCUT2D eigenvalue weighted by molar-refractivity contribution is 5.72. The average Bonchev–Trinajstić information content (AvgIpc) is 2.55. The van der Waals surface area contributed by atoms with Crippen molar-refractivity contribution in [1.29, 1.82) is 0 Å². The van der Waals surface area contributed by atoms with Gasteiger partial charge in [0.1, 0.15) is 6.26 Å². The van der Waals surface area contributed by atoms with E-state index in [0.29, 0.717) is 13.1 Å². The van der Waals surface area contributed by atoms with E-state index in [9.17, 15) is 4.79 Å². The molecule has 0 aromatic carbocycles. The minimum absolute atomic E-state index is 0.00761. The van der Waals surface area contributed by atoms with Crippen LogP contribution in [-0.4, -0.2) is 24.2 Å². The topological polar surface area (TPSA) is 67.2 Å². The first kappa shape index (κ1) is 9.73. The maximum atomic E-state index is 10.5. The second-order valence-corrected chi connectivity index (χ2v) is 2.69. The summed E-state index contributed by atoms with van der Waals surface area (Å²) >= 11 is 0. The number of carbonyl (C=O) groups excluding carboxylic acids is 1. The van der Waals surface area contributed by atoms with Crippen LogP contribution >= 0.6 is 0 Å². The molecule has 1 aromatic rings. The highest BCUT2D eigenvalue weighted by Gasteiger charge is 1.94. The Morgan fingerprint density at radius 1 is 1.62 bits per heavy atom. The van der Waals surface area contributed by atoms with E-state index in [4.69, 9.17) is 0 Å². The smallest absolute Gasteiger partial charge is 0.216 e. The Kier molecular flexibility index (Phi) is 3.98. The molecule has 0 aliphatic rings. The minimum Gasteiger partial charge on any atom is -0.364 e. The van der Waals surface area contributed by atoms with Gasteiger partial charge in [-0.25, -0.2) is 0 Å². The maximum absolute atomic E-state index is 10.5. The molecular weight excluding hydrogens is 170 g/mol. The molecule has 0 spiro atoms. The first-order chi connectivity index (χ1) is 6.29. The van der Waals surface area contributed by atoms with Crippen LogP contribution in [0, 0.1) is 0 Å². The SMILES string of the molecule is CC(=O)NCCNCc1cnoc1. The summed E-state index contributed by atoms with van der Waals surface area (Å²) in [4.78, 5) is 10.5. The molecule has 2 N–H and O–H groups in total. The minimum atomic E-state index is -0.00761. The Bertz CT molecular complexity index is 246. The molecule has 1 aromatic heterocycles. The second kappa shape index (κ2) is 5.31. The fourth-order valence-electron chi connectivity index (χ4n) is 0.874.